The Labute approximate surface area is 122 Å². The molecule has 0 fully saturated rings. The van der Waals surface area contributed by atoms with Crippen molar-refractivity contribution in [2.24, 2.45) is 0 Å². The van der Waals surface area contributed by atoms with Crippen LogP contribution in [0.5, 0.6) is 0 Å². The van der Waals surface area contributed by atoms with E-state index >= 15 is 0 Å². The third kappa shape index (κ3) is 3.56. The largest absolute Gasteiger partial charge is 0.478 e. The zero-order valence-electron chi connectivity index (χ0n) is 12.0. The molecule has 4 nitrogen and oxygen atoms in total. The van der Waals surface area contributed by atoms with Crippen LogP contribution < -0.4 is 5.32 Å². The van der Waals surface area contributed by atoms with Gasteiger partial charge in [-0.15, -0.1) is 0 Å². The first-order valence-corrected chi connectivity index (χ1v) is 6.68. The first-order chi connectivity index (χ1) is 9.99. The molecule has 1 heterocycles. The van der Waals surface area contributed by atoms with Gasteiger partial charge in [-0.3, -0.25) is 4.98 Å². The summed E-state index contributed by atoms with van der Waals surface area (Å²) in [6.07, 6.45) is 0.478. The lowest BCUT2D eigenvalue weighted by Gasteiger charge is -2.12. The standard InChI is InChI=1S/C16H17FN2O2/c1-10-9-14(15(16(20)21)11(2)19-10)18-8-7-12-5-3-4-6-13(12)17/h3-6,9H,7-8H2,1-2H3,(H,18,19)(H,20,21). The number of pyridine rings is 1. The molecule has 0 amide bonds. The quantitative estimate of drug-likeness (QED) is 0.887. The van der Waals surface area contributed by atoms with Crippen LogP contribution in [0.3, 0.4) is 0 Å². The van der Waals surface area contributed by atoms with Gasteiger partial charge in [-0.25, -0.2) is 9.18 Å². The molecule has 0 spiro atoms. The van der Waals surface area contributed by atoms with E-state index in [1.54, 1.807) is 38.1 Å². The van der Waals surface area contributed by atoms with Gasteiger partial charge in [0.25, 0.3) is 0 Å². The molecule has 0 saturated carbocycles. The van der Waals surface area contributed by atoms with Gasteiger partial charge in [0, 0.05) is 12.2 Å². The molecule has 0 saturated heterocycles. The van der Waals surface area contributed by atoms with Crippen molar-refractivity contribution < 1.29 is 14.3 Å². The Balaban J connectivity index is 2.13. The van der Waals surface area contributed by atoms with Gasteiger partial charge >= 0.3 is 5.97 Å². The normalized spacial score (nSPS) is 10.4. The second kappa shape index (κ2) is 6.35. The highest BCUT2D eigenvalue weighted by molar-refractivity contribution is 5.95. The van der Waals surface area contributed by atoms with Crippen molar-refractivity contribution in [3.8, 4) is 0 Å². The number of halogens is 1. The minimum Gasteiger partial charge on any atom is -0.478 e. The molecule has 5 heteroatoms. The minimum atomic E-state index is -1.02. The van der Waals surface area contributed by atoms with Gasteiger partial charge < -0.3 is 10.4 Å². The molecule has 1 aromatic heterocycles. The summed E-state index contributed by atoms with van der Waals surface area (Å²) in [6.45, 7) is 3.92. The lowest BCUT2D eigenvalue weighted by atomic mass is 10.1. The Hall–Kier alpha value is -2.43. The van der Waals surface area contributed by atoms with Crippen LogP contribution in [0.4, 0.5) is 10.1 Å². The van der Waals surface area contributed by atoms with E-state index in [2.05, 4.69) is 10.3 Å². The number of anilines is 1. The number of hydrogen-bond acceptors (Lipinski definition) is 3. The number of aromatic nitrogens is 1. The molecule has 1 aromatic carbocycles. The number of rotatable bonds is 5. The molecule has 21 heavy (non-hydrogen) atoms. The van der Waals surface area contributed by atoms with Crippen molar-refractivity contribution in [1.82, 2.24) is 4.98 Å². The van der Waals surface area contributed by atoms with Crippen molar-refractivity contribution in [3.63, 3.8) is 0 Å². The predicted molar refractivity (Wildman–Crippen MR) is 79.3 cm³/mol. The molecule has 2 aromatic rings. The van der Waals surface area contributed by atoms with E-state index in [0.29, 0.717) is 29.9 Å². The van der Waals surface area contributed by atoms with E-state index < -0.39 is 5.97 Å². The van der Waals surface area contributed by atoms with E-state index in [-0.39, 0.29) is 11.4 Å². The van der Waals surface area contributed by atoms with Gasteiger partial charge in [-0.05, 0) is 38.0 Å². The van der Waals surface area contributed by atoms with Gasteiger partial charge in [0.15, 0.2) is 0 Å². The fraction of sp³-hybridized carbons (Fsp3) is 0.250. The molecule has 0 aliphatic heterocycles. The lowest BCUT2D eigenvalue weighted by molar-refractivity contribution is 0.0696. The SMILES string of the molecule is Cc1cc(NCCc2ccccc2F)c(C(=O)O)c(C)n1. The second-order valence-corrected chi connectivity index (χ2v) is 4.84. The van der Waals surface area contributed by atoms with Gasteiger partial charge in [0.2, 0.25) is 0 Å². The number of hydrogen-bond donors (Lipinski definition) is 2. The maximum absolute atomic E-state index is 13.5. The lowest BCUT2D eigenvalue weighted by Crippen LogP contribution is -2.13. The maximum atomic E-state index is 13.5. The summed E-state index contributed by atoms with van der Waals surface area (Å²) in [5.74, 6) is -1.27. The molecule has 0 unspecified atom stereocenters. The molecule has 2 N–H and O–H groups in total. The summed E-state index contributed by atoms with van der Waals surface area (Å²) in [5, 5.41) is 12.3. The Bertz CT molecular complexity index is 671. The Morgan fingerprint density at radius 1 is 1.33 bits per heavy atom. The zero-order chi connectivity index (χ0) is 15.4. The van der Waals surface area contributed by atoms with Crippen molar-refractivity contribution in [3.05, 3.63) is 58.7 Å². The van der Waals surface area contributed by atoms with Crippen LogP contribution in [0.1, 0.15) is 27.3 Å². The highest BCUT2D eigenvalue weighted by Crippen LogP contribution is 2.20. The maximum Gasteiger partial charge on any atom is 0.339 e. The number of carboxylic acid groups (broad SMARTS) is 1. The minimum absolute atomic E-state index is 0.161. The number of nitrogens with one attached hydrogen (secondary N) is 1. The molecule has 0 bridgehead atoms. The molecule has 110 valence electrons. The van der Waals surface area contributed by atoms with Crippen LogP contribution >= 0.6 is 0 Å². The first-order valence-electron chi connectivity index (χ1n) is 6.68. The van der Waals surface area contributed by atoms with Crippen LogP contribution in [0.15, 0.2) is 30.3 Å². The average Bonchev–Trinajstić information content (AvgIpc) is 2.39. The predicted octanol–water partition coefficient (Wildman–Crippen LogP) is 3.19. The summed E-state index contributed by atoms with van der Waals surface area (Å²) in [5.41, 5.74) is 2.49. The monoisotopic (exact) mass is 288 g/mol. The summed E-state index contributed by atoms with van der Waals surface area (Å²) in [4.78, 5) is 15.5. The number of carbonyl (C=O) groups is 1. The van der Waals surface area contributed by atoms with Crippen molar-refractivity contribution in [2.75, 3.05) is 11.9 Å². The summed E-state index contributed by atoms with van der Waals surface area (Å²) in [6, 6.07) is 8.25. The third-order valence-corrected chi connectivity index (χ3v) is 3.21. The average molecular weight is 288 g/mol. The van der Waals surface area contributed by atoms with Crippen molar-refractivity contribution >= 4 is 11.7 Å². The van der Waals surface area contributed by atoms with Crippen LogP contribution in [-0.2, 0) is 6.42 Å². The van der Waals surface area contributed by atoms with Crippen LogP contribution in [0.2, 0.25) is 0 Å². The van der Waals surface area contributed by atoms with Crippen LogP contribution in [-0.4, -0.2) is 22.6 Å². The fourth-order valence-electron chi connectivity index (χ4n) is 2.27. The van der Waals surface area contributed by atoms with Gasteiger partial charge in [-0.2, -0.15) is 0 Å². The number of aryl methyl sites for hydroxylation is 2. The summed E-state index contributed by atoms with van der Waals surface area (Å²) in [7, 11) is 0. The summed E-state index contributed by atoms with van der Waals surface area (Å²) >= 11 is 0. The topological polar surface area (TPSA) is 62.2 Å². The van der Waals surface area contributed by atoms with E-state index in [1.807, 2.05) is 0 Å². The van der Waals surface area contributed by atoms with E-state index in [9.17, 15) is 14.3 Å². The first kappa shape index (κ1) is 15.0. The number of nitrogens with zero attached hydrogens (tertiary/aromatic N) is 1. The molecule has 0 aliphatic carbocycles. The highest BCUT2D eigenvalue weighted by Gasteiger charge is 2.15. The molecule has 2 rings (SSSR count). The van der Waals surface area contributed by atoms with Gasteiger partial charge in [0.05, 0.1) is 11.4 Å². The number of aromatic carboxylic acids is 1. The third-order valence-electron chi connectivity index (χ3n) is 3.21. The smallest absolute Gasteiger partial charge is 0.339 e. The van der Waals surface area contributed by atoms with Crippen LogP contribution in [0, 0.1) is 19.7 Å². The summed E-state index contributed by atoms with van der Waals surface area (Å²) < 4.78 is 13.5. The van der Waals surface area contributed by atoms with E-state index in [1.165, 1.54) is 6.07 Å². The molecule has 0 radical (unpaired) electrons. The van der Waals surface area contributed by atoms with Gasteiger partial charge in [-0.1, -0.05) is 18.2 Å². The van der Waals surface area contributed by atoms with Crippen LogP contribution in [0.25, 0.3) is 0 Å². The molecule has 0 atom stereocenters. The number of carboxylic acids is 1. The molecular weight excluding hydrogens is 271 g/mol. The van der Waals surface area contributed by atoms with E-state index in [4.69, 9.17) is 0 Å². The molecular formula is C16H17FN2O2. The van der Waals surface area contributed by atoms with E-state index in [0.717, 1.165) is 5.69 Å². The Kier molecular flexibility index (Phi) is 4.52. The van der Waals surface area contributed by atoms with Crippen molar-refractivity contribution in [1.29, 1.82) is 0 Å². The fourth-order valence-corrected chi connectivity index (χ4v) is 2.27. The molecule has 0 aliphatic rings. The number of benzene rings is 1. The highest BCUT2D eigenvalue weighted by atomic mass is 19.1. The zero-order valence-corrected chi connectivity index (χ0v) is 12.0. The Morgan fingerprint density at radius 2 is 2.05 bits per heavy atom. The van der Waals surface area contributed by atoms with Gasteiger partial charge in [0.1, 0.15) is 11.4 Å². The Morgan fingerprint density at radius 3 is 2.71 bits per heavy atom. The second-order valence-electron chi connectivity index (χ2n) is 4.84. The van der Waals surface area contributed by atoms with Crippen molar-refractivity contribution in [2.45, 2.75) is 20.3 Å².